The standard InChI is InChI=1S/C22H20O7/c1-6-9-28-22-20(23)19-17(27-5)11-14(24-2)12-18(19)29-21(22)13-7-8-15(25-3)16(10-13)26-4/h1,7-8,10-12H,9H2,2-5H3. The summed E-state index contributed by atoms with van der Waals surface area (Å²) in [7, 11) is 6.02. The van der Waals surface area contributed by atoms with Crippen LogP contribution in [0.3, 0.4) is 0 Å². The molecule has 0 atom stereocenters. The van der Waals surface area contributed by atoms with Crippen molar-refractivity contribution in [3.05, 3.63) is 40.6 Å². The van der Waals surface area contributed by atoms with E-state index in [2.05, 4.69) is 5.92 Å². The van der Waals surface area contributed by atoms with Gasteiger partial charge in [-0.2, -0.15) is 0 Å². The highest BCUT2D eigenvalue weighted by molar-refractivity contribution is 5.88. The summed E-state index contributed by atoms with van der Waals surface area (Å²) in [6, 6.07) is 8.32. The number of fused-ring (bicyclic) bond motifs is 1. The van der Waals surface area contributed by atoms with Crippen molar-refractivity contribution >= 4 is 11.0 Å². The summed E-state index contributed by atoms with van der Waals surface area (Å²) >= 11 is 0. The van der Waals surface area contributed by atoms with Crippen molar-refractivity contribution in [1.29, 1.82) is 0 Å². The smallest absolute Gasteiger partial charge is 0.239 e. The third-order valence-corrected chi connectivity index (χ3v) is 4.29. The predicted molar refractivity (Wildman–Crippen MR) is 108 cm³/mol. The van der Waals surface area contributed by atoms with Gasteiger partial charge in [0.05, 0.1) is 28.4 Å². The second kappa shape index (κ2) is 8.48. The second-order valence-corrected chi connectivity index (χ2v) is 5.85. The van der Waals surface area contributed by atoms with Crippen LogP contribution in [0.2, 0.25) is 0 Å². The Bertz CT molecular complexity index is 1140. The SMILES string of the molecule is C#CCOc1c(-c2ccc(OC)c(OC)c2)oc2cc(OC)cc(OC)c2c1=O. The molecule has 150 valence electrons. The zero-order valence-corrected chi connectivity index (χ0v) is 16.5. The van der Waals surface area contributed by atoms with Crippen molar-refractivity contribution < 1.29 is 28.1 Å². The first-order chi connectivity index (χ1) is 14.1. The molecule has 7 heteroatoms. The third kappa shape index (κ3) is 3.65. The summed E-state index contributed by atoms with van der Waals surface area (Å²) < 4.78 is 32.9. The number of hydrogen-bond acceptors (Lipinski definition) is 7. The summed E-state index contributed by atoms with van der Waals surface area (Å²) in [5.41, 5.74) is 0.422. The summed E-state index contributed by atoms with van der Waals surface area (Å²) in [6.07, 6.45) is 5.32. The second-order valence-electron chi connectivity index (χ2n) is 5.85. The van der Waals surface area contributed by atoms with Crippen molar-refractivity contribution in [2.24, 2.45) is 0 Å². The van der Waals surface area contributed by atoms with E-state index in [9.17, 15) is 4.79 Å². The number of terminal acetylenes is 1. The summed E-state index contributed by atoms with van der Waals surface area (Å²) in [6.45, 7) is -0.102. The van der Waals surface area contributed by atoms with Crippen LogP contribution in [0.25, 0.3) is 22.3 Å². The maximum absolute atomic E-state index is 13.3. The van der Waals surface area contributed by atoms with Gasteiger partial charge < -0.3 is 28.1 Å². The Kier molecular flexibility index (Phi) is 5.84. The maximum atomic E-state index is 13.3. The fraction of sp³-hybridized carbons (Fsp3) is 0.227. The Morgan fingerprint density at radius 2 is 1.66 bits per heavy atom. The van der Waals surface area contributed by atoms with Crippen molar-refractivity contribution in [2.75, 3.05) is 35.0 Å². The lowest BCUT2D eigenvalue weighted by Crippen LogP contribution is -2.11. The molecule has 29 heavy (non-hydrogen) atoms. The molecule has 0 fully saturated rings. The van der Waals surface area contributed by atoms with Crippen LogP contribution in [0.15, 0.2) is 39.5 Å². The molecule has 0 aliphatic carbocycles. The average molecular weight is 396 g/mol. The maximum Gasteiger partial charge on any atom is 0.239 e. The van der Waals surface area contributed by atoms with Crippen molar-refractivity contribution in [2.45, 2.75) is 0 Å². The van der Waals surface area contributed by atoms with Gasteiger partial charge in [0.15, 0.2) is 17.3 Å². The number of hydrogen-bond donors (Lipinski definition) is 0. The number of benzene rings is 2. The Morgan fingerprint density at radius 3 is 2.28 bits per heavy atom. The van der Waals surface area contributed by atoms with E-state index in [0.717, 1.165) is 0 Å². The molecular weight excluding hydrogens is 376 g/mol. The lowest BCUT2D eigenvalue weighted by molar-refractivity contribution is 0.353. The average Bonchev–Trinajstić information content (AvgIpc) is 2.76. The van der Waals surface area contributed by atoms with E-state index in [4.69, 9.17) is 34.5 Å². The van der Waals surface area contributed by atoms with Gasteiger partial charge in [0.2, 0.25) is 11.2 Å². The lowest BCUT2D eigenvalue weighted by Gasteiger charge is -2.14. The van der Waals surface area contributed by atoms with E-state index in [1.54, 1.807) is 30.3 Å². The summed E-state index contributed by atoms with van der Waals surface area (Å²) in [4.78, 5) is 13.3. The van der Waals surface area contributed by atoms with Gasteiger partial charge in [-0.05, 0) is 18.2 Å². The van der Waals surface area contributed by atoms with Crippen LogP contribution >= 0.6 is 0 Å². The number of rotatable bonds is 7. The molecule has 0 aliphatic rings. The third-order valence-electron chi connectivity index (χ3n) is 4.29. The molecule has 0 spiro atoms. The van der Waals surface area contributed by atoms with Crippen molar-refractivity contribution in [3.8, 4) is 52.4 Å². The molecule has 0 saturated carbocycles. The van der Waals surface area contributed by atoms with Gasteiger partial charge in [-0.1, -0.05) is 5.92 Å². The van der Waals surface area contributed by atoms with Gasteiger partial charge in [0, 0.05) is 17.7 Å². The zero-order chi connectivity index (χ0) is 21.0. The fourth-order valence-electron chi connectivity index (χ4n) is 2.93. The van der Waals surface area contributed by atoms with Crippen LogP contribution in [0.4, 0.5) is 0 Å². The number of ether oxygens (including phenoxy) is 5. The van der Waals surface area contributed by atoms with Crippen LogP contribution in [0, 0.1) is 12.3 Å². The fourth-order valence-corrected chi connectivity index (χ4v) is 2.93. The van der Waals surface area contributed by atoms with Gasteiger partial charge >= 0.3 is 0 Å². The van der Waals surface area contributed by atoms with Crippen LogP contribution in [-0.4, -0.2) is 35.0 Å². The first-order valence-corrected chi connectivity index (χ1v) is 8.59. The van der Waals surface area contributed by atoms with Crippen molar-refractivity contribution in [1.82, 2.24) is 0 Å². The highest BCUT2D eigenvalue weighted by atomic mass is 16.5. The Morgan fingerprint density at radius 1 is 0.931 bits per heavy atom. The molecule has 0 bridgehead atoms. The van der Waals surface area contributed by atoms with E-state index in [1.807, 2.05) is 0 Å². The minimum atomic E-state index is -0.411. The van der Waals surface area contributed by atoms with Gasteiger partial charge in [0.25, 0.3) is 0 Å². The van der Waals surface area contributed by atoms with Crippen LogP contribution in [0.1, 0.15) is 0 Å². The van der Waals surface area contributed by atoms with Crippen LogP contribution in [0.5, 0.6) is 28.7 Å². The minimum Gasteiger partial charge on any atom is -0.496 e. The van der Waals surface area contributed by atoms with E-state index in [1.165, 1.54) is 28.4 Å². The molecule has 0 aliphatic heterocycles. The van der Waals surface area contributed by atoms with Gasteiger partial charge in [-0.25, -0.2) is 0 Å². The van der Waals surface area contributed by atoms with E-state index < -0.39 is 5.43 Å². The topological polar surface area (TPSA) is 76.4 Å². The summed E-state index contributed by atoms with van der Waals surface area (Å²) in [5.74, 6) is 4.33. The molecule has 0 N–H and O–H groups in total. The molecule has 3 rings (SSSR count). The molecule has 0 amide bonds. The molecular formula is C22H20O7. The van der Waals surface area contributed by atoms with Crippen LogP contribution < -0.4 is 29.1 Å². The molecule has 0 unspecified atom stereocenters. The predicted octanol–water partition coefficient (Wildman–Crippen LogP) is 3.51. The molecule has 0 saturated heterocycles. The Hall–Kier alpha value is -3.79. The molecule has 3 aromatic rings. The van der Waals surface area contributed by atoms with E-state index in [0.29, 0.717) is 28.6 Å². The molecule has 7 nitrogen and oxygen atoms in total. The lowest BCUT2D eigenvalue weighted by atomic mass is 10.1. The first kappa shape index (κ1) is 20.0. The van der Waals surface area contributed by atoms with E-state index >= 15 is 0 Å². The molecule has 0 radical (unpaired) electrons. The van der Waals surface area contributed by atoms with Gasteiger partial charge in [0.1, 0.15) is 29.1 Å². The van der Waals surface area contributed by atoms with Crippen molar-refractivity contribution in [3.63, 3.8) is 0 Å². The van der Waals surface area contributed by atoms with Gasteiger partial charge in [-0.3, -0.25) is 4.79 Å². The largest absolute Gasteiger partial charge is 0.496 e. The van der Waals surface area contributed by atoms with Gasteiger partial charge in [-0.15, -0.1) is 6.42 Å². The zero-order valence-electron chi connectivity index (χ0n) is 16.5. The monoisotopic (exact) mass is 396 g/mol. The molecule has 1 aromatic heterocycles. The quantitative estimate of drug-likeness (QED) is 0.566. The molecule has 1 heterocycles. The molecule has 2 aromatic carbocycles. The Balaban J connectivity index is 2.36. The highest BCUT2D eigenvalue weighted by Crippen LogP contribution is 2.39. The summed E-state index contributed by atoms with van der Waals surface area (Å²) in [5, 5.41) is 0.226. The normalized spacial score (nSPS) is 10.3. The Labute approximate surface area is 167 Å². The number of methoxy groups -OCH3 is 4. The van der Waals surface area contributed by atoms with Crippen LogP contribution in [-0.2, 0) is 0 Å². The minimum absolute atomic E-state index is 0.0221. The van der Waals surface area contributed by atoms with E-state index in [-0.39, 0.29) is 29.1 Å². The highest BCUT2D eigenvalue weighted by Gasteiger charge is 2.22. The first-order valence-electron chi connectivity index (χ1n) is 8.59.